The van der Waals surface area contributed by atoms with Gasteiger partial charge in [-0.15, -0.1) is 0 Å². The molecule has 0 aliphatic rings. The van der Waals surface area contributed by atoms with Gasteiger partial charge < -0.3 is 5.32 Å². The van der Waals surface area contributed by atoms with Crippen molar-refractivity contribution < 1.29 is 8.78 Å². The number of rotatable bonds is 5. The third kappa shape index (κ3) is 3.64. The normalized spacial score (nSPS) is 14.0. The van der Waals surface area contributed by atoms with Crippen LogP contribution in [0, 0.1) is 11.6 Å². The highest BCUT2D eigenvalue weighted by Gasteiger charge is 2.14. The topological polar surface area (TPSA) is 12.0 Å². The van der Waals surface area contributed by atoms with Crippen molar-refractivity contribution in [3.63, 3.8) is 0 Å². The fourth-order valence-corrected chi connectivity index (χ4v) is 2.32. The quantitative estimate of drug-likeness (QED) is 0.829. The molecular formula is C17H19F2N. The van der Waals surface area contributed by atoms with E-state index in [0.29, 0.717) is 0 Å². The van der Waals surface area contributed by atoms with Crippen LogP contribution in [0.5, 0.6) is 0 Å². The second-order valence-corrected chi connectivity index (χ2v) is 4.96. The lowest BCUT2D eigenvalue weighted by atomic mass is 10.0. The second kappa shape index (κ2) is 6.62. The van der Waals surface area contributed by atoms with Crippen LogP contribution in [0.25, 0.3) is 0 Å². The number of nitrogens with one attached hydrogen (secondary N) is 1. The second-order valence-electron chi connectivity index (χ2n) is 4.96. The Balaban J connectivity index is 2.11. The fourth-order valence-electron chi connectivity index (χ4n) is 2.32. The maximum Gasteiger partial charge on any atom is 0.123 e. The molecule has 2 aromatic carbocycles. The smallest absolute Gasteiger partial charge is 0.123 e. The molecule has 2 rings (SSSR count). The minimum Gasteiger partial charge on any atom is -0.303 e. The highest BCUT2D eigenvalue weighted by Crippen LogP contribution is 2.22. The van der Waals surface area contributed by atoms with Crippen LogP contribution < -0.4 is 5.32 Å². The first-order valence-electron chi connectivity index (χ1n) is 6.87. The molecule has 0 aliphatic heterocycles. The van der Waals surface area contributed by atoms with Crippen molar-refractivity contribution >= 4 is 0 Å². The molecule has 0 saturated heterocycles. The number of halogens is 2. The molecule has 20 heavy (non-hydrogen) atoms. The summed E-state index contributed by atoms with van der Waals surface area (Å²) < 4.78 is 26.2. The Morgan fingerprint density at radius 2 is 1.65 bits per heavy atom. The van der Waals surface area contributed by atoms with Crippen molar-refractivity contribution in [1.29, 1.82) is 0 Å². The predicted molar refractivity (Wildman–Crippen MR) is 77.4 cm³/mol. The summed E-state index contributed by atoms with van der Waals surface area (Å²) in [5.41, 5.74) is 1.95. The first kappa shape index (κ1) is 14.7. The molecule has 0 saturated carbocycles. The minimum atomic E-state index is -0.238. The van der Waals surface area contributed by atoms with Crippen LogP contribution in [-0.2, 0) is 0 Å². The van der Waals surface area contributed by atoms with E-state index in [4.69, 9.17) is 0 Å². The lowest BCUT2D eigenvalue weighted by molar-refractivity contribution is 0.454. The lowest BCUT2D eigenvalue weighted by Crippen LogP contribution is -2.24. The molecule has 0 spiro atoms. The Hall–Kier alpha value is -1.74. The van der Waals surface area contributed by atoms with Gasteiger partial charge >= 0.3 is 0 Å². The highest BCUT2D eigenvalue weighted by atomic mass is 19.1. The zero-order chi connectivity index (χ0) is 14.5. The summed E-state index contributed by atoms with van der Waals surface area (Å²) in [7, 11) is 0. The summed E-state index contributed by atoms with van der Waals surface area (Å²) in [6.45, 7) is 4.08. The van der Waals surface area contributed by atoms with Crippen LogP contribution in [-0.4, -0.2) is 0 Å². The summed E-state index contributed by atoms with van der Waals surface area (Å²) >= 11 is 0. The Morgan fingerprint density at radius 1 is 0.950 bits per heavy atom. The van der Waals surface area contributed by atoms with Crippen LogP contribution in [0.3, 0.4) is 0 Å². The predicted octanol–water partition coefficient (Wildman–Crippen LogP) is 4.77. The molecule has 0 aromatic heterocycles. The third-order valence-electron chi connectivity index (χ3n) is 3.48. The molecule has 1 N–H and O–H groups in total. The van der Waals surface area contributed by atoms with Gasteiger partial charge in [-0.25, -0.2) is 8.78 Å². The molecule has 1 nitrogen and oxygen atoms in total. The van der Waals surface area contributed by atoms with E-state index < -0.39 is 0 Å². The minimum absolute atomic E-state index is 0.0730. The van der Waals surface area contributed by atoms with E-state index in [-0.39, 0.29) is 23.7 Å². The first-order chi connectivity index (χ1) is 9.60. The summed E-state index contributed by atoms with van der Waals surface area (Å²) in [6.07, 6.45) is 0.856. The van der Waals surface area contributed by atoms with Gasteiger partial charge in [-0.05, 0) is 48.7 Å². The summed E-state index contributed by atoms with van der Waals surface area (Å²) in [4.78, 5) is 0. The molecule has 0 heterocycles. The van der Waals surface area contributed by atoms with E-state index in [1.165, 1.54) is 18.2 Å². The van der Waals surface area contributed by atoms with Crippen LogP contribution in [0.4, 0.5) is 8.78 Å². The van der Waals surface area contributed by atoms with Crippen molar-refractivity contribution in [2.45, 2.75) is 32.4 Å². The van der Waals surface area contributed by atoms with E-state index in [1.54, 1.807) is 24.3 Å². The average Bonchev–Trinajstić information content (AvgIpc) is 2.45. The zero-order valence-electron chi connectivity index (χ0n) is 11.7. The van der Waals surface area contributed by atoms with Crippen molar-refractivity contribution in [3.8, 4) is 0 Å². The van der Waals surface area contributed by atoms with E-state index in [2.05, 4.69) is 12.2 Å². The van der Waals surface area contributed by atoms with Crippen molar-refractivity contribution in [1.82, 2.24) is 5.32 Å². The van der Waals surface area contributed by atoms with Gasteiger partial charge in [0.15, 0.2) is 0 Å². The monoisotopic (exact) mass is 275 g/mol. The van der Waals surface area contributed by atoms with Gasteiger partial charge in [0.05, 0.1) is 0 Å². The Morgan fingerprint density at radius 3 is 2.25 bits per heavy atom. The summed E-state index contributed by atoms with van der Waals surface area (Å²) in [5.74, 6) is -0.463. The maximum atomic E-state index is 13.3. The van der Waals surface area contributed by atoms with Crippen LogP contribution in [0.2, 0.25) is 0 Å². The van der Waals surface area contributed by atoms with E-state index >= 15 is 0 Å². The fraction of sp³-hybridized carbons (Fsp3) is 0.294. The molecule has 2 atom stereocenters. The van der Waals surface area contributed by atoms with Gasteiger partial charge in [0.1, 0.15) is 11.6 Å². The maximum absolute atomic E-state index is 13.3. The molecule has 0 radical (unpaired) electrons. The number of benzene rings is 2. The van der Waals surface area contributed by atoms with Gasteiger partial charge in [0.25, 0.3) is 0 Å². The van der Waals surface area contributed by atoms with Gasteiger partial charge in [-0.3, -0.25) is 0 Å². The molecule has 106 valence electrons. The highest BCUT2D eigenvalue weighted by molar-refractivity contribution is 5.23. The van der Waals surface area contributed by atoms with Crippen molar-refractivity contribution in [2.24, 2.45) is 0 Å². The number of hydrogen-bond acceptors (Lipinski definition) is 1. The van der Waals surface area contributed by atoms with E-state index in [0.717, 1.165) is 17.5 Å². The zero-order valence-corrected chi connectivity index (χ0v) is 11.7. The molecule has 0 amide bonds. The Kier molecular flexibility index (Phi) is 4.85. The molecule has 0 fully saturated rings. The first-order valence-corrected chi connectivity index (χ1v) is 6.87. The van der Waals surface area contributed by atoms with Gasteiger partial charge in [0, 0.05) is 12.1 Å². The van der Waals surface area contributed by atoms with Crippen molar-refractivity contribution in [2.75, 3.05) is 0 Å². The molecule has 2 aromatic rings. The molecule has 0 bridgehead atoms. The van der Waals surface area contributed by atoms with Gasteiger partial charge in [-0.1, -0.05) is 31.2 Å². The van der Waals surface area contributed by atoms with E-state index in [9.17, 15) is 8.78 Å². The van der Waals surface area contributed by atoms with Crippen LogP contribution >= 0.6 is 0 Å². The van der Waals surface area contributed by atoms with Gasteiger partial charge in [-0.2, -0.15) is 0 Å². The standard InChI is InChI=1S/C17H19F2N/c1-3-17(14-5-4-6-16(19)11-14)20-12(2)13-7-9-15(18)10-8-13/h4-12,17,20H,3H2,1-2H3/t12-,17?/m0/s1. The molecule has 1 unspecified atom stereocenters. The lowest BCUT2D eigenvalue weighted by Gasteiger charge is -2.23. The third-order valence-corrected chi connectivity index (χ3v) is 3.48. The molecule has 3 heteroatoms. The average molecular weight is 275 g/mol. The van der Waals surface area contributed by atoms with E-state index in [1.807, 2.05) is 13.0 Å². The Labute approximate surface area is 118 Å². The van der Waals surface area contributed by atoms with Gasteiger partial charge in [0.2, 0.25) is 0 Å². The Bertz CT molecular complexity index is 551. The number of hydrogen-bond donors (Lipinski definition) is 1. The van der Waals surface area contributed by atoms with Crippen LogP contribution in [0.1, 0.15) is 43.5 Å². The summed E-state index contributed by atoms with van der Waals surface area (Å²) in [5, 5.41) is 3.46. The SMILES string of the molecule is CCC(N[C@@H](C)c1ccc(F)cc1)c1cccc(F)c1. The molecular weight excluding hydrogens is 256 g/mol. The van der Waals surface area contributed by atoms with Crippen LogP contribution in [0.15, 0.2) is 48.5 Å². The largest absolute Gasteiger partial charge is 0.303 e. The van der Waals surface area contributed by atoms with Crippen molar-refractivity contribution in [3.05, 3.63) is 71.3 Å². The molecule has 0 aliphatic carbocycles. The summed E-state index contributed by atoms with van der Waals surface area (Å²) in [6, 6.07) is 13.2.